The van der Waals surface area contributed by atoms with Gasteiger partial charge in [0.05, 0.1) is 23.9 Å². The van der Waals surface area contributed by atoms with Crippen LogP contribution in [0.1, 0.15) is 92.6 Å². The Labute approximate surface area is 279 Å². The number of fused-ring (bicyclic) bond motifs is 1. The Hall–Kier alpha value is -3.50. The van der Waals surface area contributed by atoms with Gasteiger partial charge < -0.3 is 25.3 Å². The molecule has 10 heteroatoms. The monoisotopic (exact) mass is 643 g/mol. The second-order valence-corrected chi connectivity index (χ2v) is 14.3. The molecule has 47 heavy (non-hydrogen) atoms. The molecule has 2 aliphatic carbocycles. The Morgan fingerprint density at radius 2 is 1.89 bits per heavy atom. The highest BCUT2D eigenvalue weighted by Crippen LogP contribution is 2.39. The molecule has 4 atom stereocenters. The lowest BCUT2D eigenvalue weighted by molar-refractivity contribution is -0.143. The normalized spacial score (nSPS) is 24.7. The van der Waals surface area contributed by atoms with E-state index in [2.05, 4.69) is 70.7 Å². The van der Waals surface area contributed by atoms with Gasteiger partial charge in [0, 0.05) is 57.2 Å². The largest absolute Gasteiger partial charge is 0.481 e. The summed E-state index contributed by atoms with van der Waals surface area (Å²) < 4.78 is 1.86. The van der Waals surface area contributed by atoms with Gasteiger partial charge in [-0.05, 0) is 94.1 Å². The van der Waals surface area contributed by atoms with Crippen LogP contribution in [0, 0.1) is 17.8 Å². The molecule has 0 amide bonds. The maximum Gasteiger partial charge on any atom is 0.306 e. The Morgan fingerprint density at radius 1 is 1.11 bits per heavy atom. The average Bonchev–Trinajstić information content (AvgIpc) is 3.54. The summed E-state index contributed by atoms with van der Waals surface area (Å²) >= 11 is 0. The summed E-state index contributed by atoms with van der Waals surface area (Å²) in [6.45, 7) is 5.17. The maximum atomic E-state index is 11.6. The first-order valence-electron chi connectivity index (χ1n) is 17.8. The molecule has 0 radical (unpaired) electrons. The lowest BCUT2D eigenvalue weighted by atomic mass is 9.77. The number of aryl methyl sites for hydroxylation is 2. The molecule has 3 heterocycles. The molecule has 3 aromatic rings. The van der Waals surface area contributed by atoms with Crippen LogP contribution in [0.2, 0.25) is 0 Å². The number of carboxylic acids is 1. The summed E-state index contributed by atoms with van der Waals surface area (Å²) in [5, 5.41) is 28.0. The standard InChI is InChI=1S/C37H53N7O3/c1-4-34(27-12-14-28(15-13-27)36(46)47)43(3)37-40-32-17-16-29(26-10-6-5-7-11-26)19-31(32)35(41-37)39-33(30-20-38-42(2)22-30)23-44-18-8-9-25(21-44)24-45/h5-7,10-11,20,22,25,27-29,33-34,45H,4,8-9,12-19,21,23-24H2,1-3H3,(H,46,47)(H,39,40,41)/t25-,27?,28?,29+,33-,34+/m0/s1. The molecular formula is C37H53N7O3. The second kappa shape index (κ2) is 15.2. The predicted molar refractivity (Wildman–Crippen MR) is 185 cm³/mol. The highest BCUT2D eigenvalue weighted by molar-refractivity contribution is 5.70. The highest BCUT2D eigenvalue weighted by Gasteiger charge is 2.34. The third kappa shape index (κ3) is 7.81. The number of rotatable bonds is 12. The van der Waals surface area contributed by atoms with Crippen molar-refractivity contribution in [2.24, 2.45) is 24.8 Å². The van der Waals surface area contributed by atoms with Gasteiger partial charge in [0.15, 0.2) is 0 Å². The fourth-order valence-electron chi connectivity index (χ4n) is 8.45. The molecule has 0 unspecified atom stereocenters. The fraction of sp³-hybridized carbons (Fsp3) is 0.622. The number of aliphatic hydroxyl groups is 1. The topological polar surface area (TPSA) is 120 Å². The van der Waals surface area contributed by atoms with Crippen molar-refractivity contribution in [2.75, 3.05) is 43.5 Å². The molecule has 1 saturated heterocycles. The minimum atomic E-state index is -0.660. The van der Waals surface area contributed by atoms with Gasteiger partial charge in [-0.15, -0.1) is 0 Å². The number of aliphatic hydroxyl groups excluding tert-OH is 1. The number of carboxylic acid groups (broad SMARTS) is 1. The summed E-state index contributed by atoms with van der Waals surface area (Å²) in [6, 6.07) is 11.0. The molecular weight excluding hydrogens is 590 g/mol. The minimum Gasteiger partial charge on any atom is -0.481 e. The van der Waals surface area contributed by atoms with E-state index in [1.807, 2.05) is 17.9 Å². The number of hydrogen-bond donors (Lipinski definition) is 3. The minimum absolute atomic E-state index is 0.0244. The van der Waals surface area contributed by atoms with Gasteiger partial charge in [0.2, 0.25) is 5.95 Å². The molecule has 1 aliphatic heterocycles. The first-order valence-corrected chi connectivity index (χ1v) is 17.8. The zero-order chi connectivity index (χ0) is 32.9. The Morgan fingerprint density at radius 3 is 2.57 bits per heavy atom. The average molecular weight is 644 g/mol. The quantitative estimate of drug-likeness (QED) is 0.237. The number of piperidine rings is 1. The number of hydrogen-bond acceptors (Lipinski definition) is 8. The fourth-order valence-corrected chi connectivity index (χ4v) is 8.45. The van der Waals surface area contributed by atoms with Crippen LogP contribution in [0.25, 0.3) is 0 Å². The van der Waals surface area contributed by atoms with Crippen molar-refractivity contribution >= 4 is 17.7 Å². The van der Waals surface area contributed by atoms with Crippen LogP contribution in [0.5, 0.6) is 0 Å². The molecule has 3 N–H and O–H groups in total. The van der Waals surface area contributed by atoms with Gasteiger partial charge >= 0.3 is 5.97 Å². The van der Waals surface area contributed by atoms with Gasteiger partial charge in [-0.25, -0.2) is 4.98 Å². The van der Waals surface area contributed by atoms with Crippen LogP contribution in [-0.4, -0.2) is 80.2 Å². The molecule has 0 bridgehead atoms. The van der Waals surface area contributed by atoms with Crippen molar-refractivity contribution < 1.29 is 15.0 Å². The predicted octanol–water partition coefficient (Wildman–Crippen LogP) is 5.45. The van der Waals surface area contributed by atoms with E-state index in [9.17, 15) is 15.0 Å². The van der Waals surface area contributed by atoms with E-state index in [-0.39, 0.29) is 24.6 Å². The Kier molecular flexibility index (Phi) is 10.8. The molecule has 1 aromatic carbocycles. The zero-order valence-corrected chi connectivity index (χ0v) is 28.4. The van der Waals surface area contributed by atoms with Crippen LogP contribution < -0.4 is 10.2 Å². The van der Waals surface area contributed by atoms with Crippen LogP contribution >= 0.6 is 0 Å². The van der Waals surface area contributed by atoms with E-state index in [4.69, 9.17) is 9.97 Å². The van der Waals surface area contributed by atoms with Crippen molar-refractivity contribution in [3.63, 3.8) is 0 Å². The van der Waals surface area contributed by atoms with Crippen molar-refractivity contribution in [1.82, 2.24) is 24.6 Å². The number of carbonyl (C=O) groups is 1. The lowest BCUT2D eigenvalue weighted by Crippen LogP contribution is -2.41. The lowest BCUT2D eigenvalue weighted by Gasteiger charge is -2.38. The van der Waals surface area contributed by atoms with Gasteiger partial charge in [-0.2, -0.15) is 10.1 Å². The summed E-state index contributed by atoms with van der Waals surface area (Å²) in [6.07, 6.45) is 13.3. The number of aliphatic carboxylic acids is 1. The Bertz CT molecular complexity index is 1470. The van der Waals surface area contributed by atoms with E-state index in [1.54, 1.807) is 0 Å². The van der Waals surface area contributed by atoms with Crippen molar-refractivity contribution in [1.29, 1.82) is 0 Å². The van der Waals surface area contributed by atoms with Crippen molar-refractivity contribution in [3.8, 4) is 0 Å². The van der Waals surface area contributed by atoms with Gasteiger partial charge in [-0.3, -0.25) is 9.48 Å². The highest BCUT2D eigenvalue weighted by atomic mass is 16.4. The number of nitrogens with one attached hydrogen (secondary N) is 1. The van der Waals surface area contributed by atoms with Crippen LogP contribution in [-0.2, 0) is 24.7 Å². The van der Waals surface area contributed by atoms with Crippen LogP contribution in [0.3, 0.4) is 0 Å². The molecule has 2 fully saturated rings. The number of aromatic nitrogens is 4. The van der Waals surface area contributed by atoms with Crippen molar-refractivity contribution in [2.45, 2.75) is 89.1 Å². The van der Waals surface area contributed by atoms with Gasteiger partial charge in [0.25, 0.3) is 0 Å². The summed E-state index contributed by atoms with van der Waals surface area (Å²) in [4.78, 5) is 27.0. The number of benzene rings is 1. The Balaban J connectivity index is 1.33. The van der Waals surface area contributed by atoms with Gasteiger partial charge in [0.1, 0.15) is 5.82 Å². The zero-order valence-electron chi connectivity index (χ0n) is 28.4. The third-order valence-electron chi connectivity index (χ3n) is 11.2. The molecule has 2 aromatic heterocycles. The molecule has 3 aliphatic rings. The van der Waals surface area contributed by atoms with Crippen LogP contribution in [0.4, 0.5) is 11.8 Å². The van der Waals surface area contributed by atoms with Gasteiger partial charge in [-0.1, -0.05) is 37.3 Å². The summed E-state index contributed by atoms with van der Waals surface area (Å²) in [7, 11) is 4.09. The molecule has 0 spiro atoms. The van der Waals surface area contributed by atoms with E-state index in [0.29, 0.717) is 17.8 Å². The SMILES string of the molecule is CC[C@H](C1CCC(C(=O)O)CC1)N(C)c1nc2c(c(N[C@@H](CN3CCC[C@H](CO)C3)c3cnn(C)c3)n1)C[C@H](c1ccccc1)CC2. The number of likely N-dealkylation sites (tertiary alicyclic amines) is 1. The van der Waals surface area contributed by atoms with E-state index >= 15 is 0 Å². The second-order valence-electron chi connectivity index (χ2n) is 14.3. The van der Waals surface area contributed by atoms with Crippen LogP contribution in [0.15, 0.2) is 42.7 Å². The smallest absolute Gasteiger partial charge is 0.306 e. The summed E-state index contributed by atoms with van der Waals surface area (Å²) in [5.41, 5.74) is 4.82. The first kappa shape index (κ1) is 33.4. The maximum absolute atomic E-state index is 11.6. The molecule has 10 nitrogen and oxygen atoms in total. The van der Waals surface area contributed by atoms with Crippen molar-refractivity contribution in [3.05, 3.63) is 65.1 Å². The molecule has 1 saturated carbocycles. The molecule has 254 valence electrons. The van der Waals surface area contributed by atoms with E-state index < -0.39 is 5.97 Å². The number of anilines is 2. The van der Waals surface area contributed by atoms with E-state index in [0.717, 1.165) is 107 Å². The summed E-state index contributed by atoms with van der Waals surface area (Å²) in [5.74, 6) is 1.92. The third-order valence-corrected chi connectivity index (χ3v) is 11.2. The first-order chi connectivity index (χ1) is 22.8. The number of nitrogens with zero attached hydrogens (tertiary/aromatic N) is 6. The molecule has 6 rings (SSSR count). The van der Waals surface area contributed by atoms with E-state index in [1.165, 1.54) is 11.1 Å².